The molecule has 0 unspecified atom stereocenters. The molecule has 2 aromatic rings. The van der Waals surface area contributed by atoms with Gasteiger partial charge >= 0.3 is 0 Å². The Kier molecular flexibility index (Phi) is 7.42. The minimum atomic E-state index is -0.169. The Balaban J connectivity index is 0.000000253. The lowest BCUT2D eigenvalue weighted by atomic mass is 10.0. The van der Waals surface area contributed by atoms with Gasteiger partial charge in [0.05, 0.1) is 0 Å². The first-order valence-corrected chi connectivity index (χ1v) is 7.57. The van der Waals surface area contributed by atoms with Crippen LogP contribution < -0.4 is 5.84 Å². The molecule has 2 N–H and O–H groups in total. The van der Waals surface area contributed by atoms with E-state index in [1.807, 2.05) is 26.0 Å². The highest BCUT2D eigenvalue weighted by molar-refractivity contribution is 6.46. The third kappa shape index (κ3) is 5.49. The van der Waals surface area contributed by atoms with Gasteiger partial charge in [-0.05, 0) is 42.7 Å². The predicted octanol–water partition coefficient (Wildman–Crippen LogP) is 4.29. The molecule has 0 fully saturated rings. The number of hydrogen-bond acceptors (Lipinski definition) is 3. The number of hydrazone groups is 1. The molecule has 0 aliphatic rings. The number of halogens is 2. The summed E-state index contributed by atoms with van der Waals surface area (Å²) >= 11 is 5.82. The van der Waals surface area contributed by atoms with Crippen LogP contribution in [0.3, 0.4) is 0 Å². The molecule has 23 heavy (non-hydrogen) atoms. The van der Waals surface area contributed by atoms with Crippen LogP contribution in [0.2, 0.25) is 5.02 Å². The molecule has 0 radical (unpaired) electrons. The second-order valence-corrected chi connectivity index (χ2v) is 5.37. The molecule has 0 bridgehead atoms. The van der Waals surface area contributed by atoms with E-state index in [0.717, 1.165) is 17.5 Å². The van der Waals surface area contributed by atoms with E-state index < -0.39 is 0 Å². The van der Waals surface area contributed by atoms with Crippen molar-refractivity contribution in [2.45, 2.75) is 27.2 Å². The normalized spacial score (nSPS) is 10.7. The molecular weight excluding hydrogens is 315 g/mol. The summed E-state index contributed by atoms with van der Waals surface area (Å²) in [6, 6.07) is 12.1. The van der Waals surface area contributed by atoms with Gasteiger partial charge in [-0.25, -0.2) is 4.39 Å². The topological polar surface area (TPSA) is 55.5 Å². The number of Topliss-reactive ketones (excluding diaryl/α,β-unsaturated/α-hetero) is 1. The third-order valence-corrected chi connectivity index (χ3v) is 3.49. The Hall–Kier alpha value is -2.20. The summed E-state index contributed by atoms with van der Waals surface area (Å²) in [6.45, 7) is 5.24. The maximum absolute atomic E-state index is 12.6. The first-order chi connectivity index (χ1) is 10.9. The van der Waals surface area contributed by atoms with E-state index in [2.05, 4.69) is 5.10 Å². The molecule has 0 saturated carbocycles. The number of carbonyl (C=O) groups is 1. The number of benzene rings is 2. The van der Waals surface area contributed by atoms with Crippen LogP contribution in [0, 0.1) is 12.7 Å². The molecule has 0 amide bonds. The van der Waals surface area contributed by atoms with Gasteiger partial charge in [-0.2, -0.15) is 5.10 Å². The summed E-state index contributed by atoms with van der Waals surface area (Å²) in [6.07, 6.45) is 0.771. The highest BCUT2D eigenvalue weighted by Crippen LogP contribution is 2.16. The summed E-state index contributed by atoms with van der Waals surface area (Å²) < 4.78 is 12.6. The summed E-state index contributed by atoms with van der Waals surface area (Å²) in [5.74, 6) is 4.88. The van der Waals surface area contributed by atoms with Crippen LogP contribution in [0.25, 0.3) is 0 Å². The fourth-order valence-corrected chi connectivity index (χ4v) is 2.16. The Labute approximate surface area is 141 Å². The van der Waals surface area contributed by atoms with Gasteiger partial charge < -0.3 is 5.84 Å². The zero-order valence-electron chi connectivity index (χ0n) is 13.4. The van der Waals surface area contributed by atoms with E-state index in [0.29, 0.717) is 10.6 Å². The third-order valence-electron chi connectivity index (χ3n) is 3.26. The Morgan fingerprint density at radius 1 is 1.26 bits per heavy atom. The summed E-state index contributed by atoms with van der Waals surface area (Å²) in [4.78, 5) is 11.2. The van der Waals surface area contributed by atoms with Gasteiger partial charge in [0.25, 0.3) is 0 Å². The van der Waals surface area contributed by atoms with Gasteiger partial charge in [0.1, 0.15) is 11.5 Å². The van der Waals surface area contributed by atoms with Crippen molar-refractivity contribution in [2.75, 3.05) is 0 Å². The molecular formula is C18H20ClFN2O. The molecule has 3 nitrogen and oxygen atoms in total. The number of ketones is 1. The summed E-state index contributed by atoms with van der Waals surface area (Å²) in [7, 11) is 0. The molecule has 2 aromatic carbocycles. The van der Waals surface area contributed by atoms with Crippen molar-refractivity contribution < 1.29 is 9.18 Å². The minimum absolute atomic E-state index is 0.0972. The van der Waals surface area contributed by atoms with E-state index in [4.69, 9.17) is 17.4 Å². The van der Waals surface area contributed by atoms with Crippen molar-refractivity contribution in [3.63, 3.8) is 0 Å². The van der Waals surface area contributed by atoms with Gasteiger partial charge in [-0.3, -0.25) is 4.79 Å². The highest BCUT2D eigenvalue weighted by atomic mass is 35.5. The van der Waals surface area contributed by atoms with Gasteiger partial charge in [-0.15, -0.1) is 0 Å². The summed E-state index contributed by atoms with van der Waals surface area (Å²) in [5.41, 5.74) is 2.66. The fourth-order valence-electron chi connectivity index (χ4n) is 1.98. The van der Waals surface area contributed by atoms with E-state index >= 15 is 0 Å². The molecule has 0 aromatic heterocycles. The smallest absolute Gasteiger partial charge is 0.180 e. The van der Waals surface area contributed by atoms with E-state index in [1.165, 1.54) is 13.0 Å². The van der Waals surface area contributed by atoms with Crippen LogP contribution in [0.4, 0.5) is 4.39 Å². The minimum Gasteiger partial charge on any atom is -0.323 e. The maximum atomic E-state index is 12.6. The van der Waals surface area contributed by atoms with E-state index in [-0.39, 0.29) is 17.3 Å². The molecule has 122 valence electrons. The van der Waals surface area contributed by atoms with Crippen molar-refractivity contribution in [1.82, 2.24) is 0 Å². The Morgan fingerprint density at radius 2 is 1.91 bits per heavy atom. The van der Waals surface area contributed by atoms with Gasteiger partial charge in [0, 0.05) is 17.5 Å². The van der Waals surface area contributed by atoms with Gasteiger partial charge in [0.15, 0.2) is 5.78 Å². The van der Waals surface area contributed by atoms with Crippen LogP contribution in [0.5, 0.6) is 0 Å². The van der Waals surface area contributed by atoms with Crippen LogP contribution in [0.1, 0.15) is 30.5 Å². The number of carbonyl (C=O) groups excluding carboxylic acids is 1. The second-order valence-electron chi connectivity index (χ2n) is 4.94. The molecule has 0 atom stereocenters. The number of rotatable bonds is 3. The van der Waals surface area contributed by atoms with E-state index in [9.17, 15) is 9.18 Å². The Morgan fingerprint density at radius 3 is 2.39 bits per heavy atom. The maximum Gasteiger partial charge on any atom is 0.180 e. The highest BCUT2D eigenvalue weighted by Gasteiger charge is 2.11. The van der Waals surface area contributed by atoms with Crippen molar-refractivity contribution in [3.05, 3.63) is 70.0 Å². The lowest BCUT2D eigenvalue weighted by molar-refractivity contribution is -0.111. The van der Waals surface area contributed by atoms with Gasteiger partial charge in [-0.1, -0.05) is 42.8 Å². The number of nitrogens with two attached hydrogens (primary N) is 1. The van der Waals surface area contributed by atoms with Crippen molar-refractivity contribution in [1.29, 1.82) is 0 Å². The molecule has 0 aliphatic heterocycles. The van der Waals surface area contributed by atoms with Crippen molar-refractivity contribution >= 4 is 23.1 Å². The SMILES string of the molecule is CC(=O)/C(=N\N)c1cc(Cl)ccc1C.CCc1ccccc1F. The molecule has 5 heteroatoms. The lowest BCUT2D eigenvalue weighted by Crippen LogP contribution is -2.15. The van der Waals surface area contributed by atoms with Gasteiger partial charge in [0.2, 0.25) is 0 Å². The second kappa shape index (κ2) is 9.06. The largest absolute Gasteiger partial charge is 0.323 e. The molecule has 2 rings (SSSR count). The number of aryl methyl sites for hydroxylation is 2. The average molecular weight is 335 g/mol. The van der Waals surface area contributed by atoms with Crippen LogP contribution >= 0.6 is 11.6 Å². The molecule has 0 heterocycles. The first kappa shape index (κ1) is 18.8. The fraction of sp³-hybridized carbons (Fsp3) is 0.222. The predicted molar refractivity (Wildman–Crippen MR) is 93.4 cm³/mol. The van der Waals surface area contributed by atoms with Crippen LogP contribution in [-0.2, 0) is 11.2 Å². The number of hydrogen-bond donors (Lipinski definition) is 1. The zero-order valence-corrected chi connectivity index (χ0v) is 14.2. The quantitative estimate of drug-likeness (QED) is 0.517. The van der Waals surface area contributed by atoms with Crippen molar-refractivity contribution in [3.8, 4) is 0 Å². The molecule has 0 spiro atoms. The first-order valence-electron chi connectivity index (χ1n) is 7.19. The zero-order chi connectivity index (χ0) is 17.4. The van der Waals surface area contributed by atoms with Crippen LogP contribution in [-0.4, -0.2) is 11.5 Å². The monoisotopic (exact) mass is 334 g/mol. The number of nitrogens with zero attached hydrogens (tertiary/aromatic N) is 1. The standard InChI is InChI=1S/C10H11ClN2O.C8H9F/c1-6-3-4-8(11)5-9(6)10(13-12)7(2)14;1-2-7-5-3-4-6-8(7)9/h3-5H,12H2,1-2H3;3-6H,2H2,1H3/b13-10+;. The Bertz CT molecular complexity index is 714. The van der Waals surface area contributed by atoms with Crippen molar-refractivity contribution in [2.24, 2.45) is 10.9 Å². The molecule has 0 saturated heterocycles. The lowest BCUT2D eigenvalue weighted by Gasteiger charge is -2.05. The van der Waals surface area contributed by atoms with Crippen LogP contribution in [0.15, 0.2) is 47.6 Å². The molecule has 0 aliphatic carbocycles. The van der Waals surface area contributed by atoms with E-state index in [1.54, 1.807) is 24.3 Å². The summed E-state index contributed by atoms with van der Waals surface area (Å²) in [5, 5.41) is 4.03. The average Bonchev–Trinajstić information content (AvgIpc) is 2.52.